The summed E-state index contributed by atoms with van der Waals surface area (Å²) < 4.78 is 5.40. The maximum atomic E-state index is 5.40. The van der Waals surface area contributed by atoms with Crippen LogP contribution in [0.2, 0.25) is 0 Å². The standard InChI is InChI=1S/C12H19NO.ClH/c1-12(2,3)10-4-6-11(7-5-10)14-9-8-13;/h4-7H,8-9,13H2,1-3H3;1H/p-1. The Morgan fingerprint density at radius 3 is 2.07 bits per heavy atom. The van der Waals surface area contributed by atoms with E-state index in [1.165, 1.54) is 5.56 Å². The molecule has 0 spiro atoms. The second kappa shape index (κ2) is 5.99. The van der Waals surface area contributed by atoms with Crippen molar-refractivity contribution in [3.63, 3.8) is 0 Å². The topological polar surface area (TPSA) is 35.2 Å². The number of halogens is 1. The molecule has 0 radical (unpaired) electrons. The third kappa shape index (κ3) is 4.54. The number of benzene rings is 1. The van der Waals surface area contributed by atoms with Crippen molar-refractivity contribution in [2.45, 2.75) is 26.2 Å². The van der Waals surface area contributed by atoms with Gasteiger partial charge in [0.05, 0.1) is 0 Å². The minimum Gasteiger partial charge on any atom is -1.00 e. The molecule has 0 saturated heterocycles. The summed E-state index contributed by atoms with van der Waals surface area (Å²) in [6, 6.07) is 8.20. The van der Waals surface area contributed by atoms with Crippen LogP contribution in [0.4, 0.5) is 0 Å². The van der Waals surface area contributed by atoms with E-state index < -0.39 is 0 Å². The van der Waals surface area contributed by atoms with Crippen molar-refractivity contribution < 1.29 is 17.1 Å². The van der Waals surface area contributed by atoms with Gasteiger partial charge in [0, 0.05) is 6.54 Å². The average Bonchev–Trinajstić information content (AvgIpc) is 2.14. The van der Waals surface area contributed by atoms with E-state index in [4.69, 9.17) is 10.5 Å². The number of nitrogens with two attached hydrogens (primary N) is 1. The van der Waals surface area contributed by atoms with Gasteiger partial charge >= 0.3 is 0 Å². The van der Waals surface area contributed by atoms with E-state index in [2.05, 4.69) is 32.9 Å². The first kappa shape index (κ1) is 14.3. The van der Waals surface area contributed by atoms with Gasteiger partial charge in [-0.1, -0.05) is 32.9 Å². The van der Waals surface area contributed by atoms with Gasteiger partial charge in [-0.2, -0.15) is 0 Å². The van der Waals surface area contributed by atoms with Crippen molar-refractivity contribution in [2.75, 3.05) is 13.2 Å². The van der Waals surface area contributed by atoms with Crippen molar-refractivity contribution in [1.82, 2.24) is 0 Å². The van der Waals surface area contributed by atoms with Crippen molar-refractivity contribution in [3.05, 3.63) is 29.8 Å². The lowest BCUT2D eigenvalue weighted by molar-refractivity contribution is -0.00000389. The van der Waals surface area contributed by atoms with Crippen LogP contribution in [0.5, 0.6) is 5.75 Å². The quantitative estimate of drug-likeness (QED) is 0.745. The fourth-order valence-electron chi connectivity index (χ4n) is 1.23. The molecule has 0 unspecified atom stereocenters. The van der Waals surface area contributed by atoms with E-state index in [1.807, 2.05) is 12.1 Å². The monoisotopic (exact) mass is 228 g/mol. The maximum absolute atomic E-state index is 5.40. The lowest BCUT2D eigenvalue weighted by atomic mass is 9.87. The van der Waals surface area contributed by atoms with Gasteiger partial charge in [-0.3, -0.25) is 0 Å². The number of hydrogen-bond donors (Lipinski definition) is 1. The first-order valence-corrected chi connectivity index (χ1v) is 4.97. The zero-order valence-electron chi connectivity index (χ0n) is 9.59. The Labute approximate surface area is 98.2 Å². The van der Waals surface area contributed by atoms with Crippen LogP contribution >= 0.6 is 0 Å². The summed E-state index contributed by atoms with van der Waals surface area (Å²) in [5.41, 5.74) is 6.87. The number of rotatable bonds is 3. The zero-order chi connectivity index (χ0) is 10.6. The molecule has 0 aliphatic rings. The third-order valence-corrected chi connectivity index (χ3v) is 2.11. The van der Waals surface area contributed by atoms with Crippen LogP contribution in [-0.2, 0) is 5.41 Å². The molecule has 15 heavy (non-hydrogen) atoms. The predicted octanol–water partition coefficient (Wildman–Crippen LogP) is -0.674. The van der Waals surface area contributed by atoms with Crippen LogP contribution in [-0.4, -0.2) is 13.2 Å². The molecule has 0 heterocycles. The first-order valence-electron chi connectivity index (χ1n) is 4.97. The summed E-state index contributed by atoms with van der Waals surface area (Å²) in [4.78, 5) is 0. The van der Waals surface area contributed by atoms with Crippen LogP contribution in [0.3, 0.4) is 0 Å². The molecule has 0 amide bonds. The summed E-state index contributed by atoms with van der Waals surface area (Å²) in [5.74, 6) is 0.892. The van der Waals surface area contributed by atoms with Crippen LogP contribution in [0, 0.1) is 0 Å². The van der Waals surface area contributed by atoms with E-state index >= 15 is 0 Å². The smallest absolute Gasteiger partial charge is 0.119 e. The van der Waals surface area contributed by atoms with Gasteiger partial charge in [0.25, 0.3) is 0 Å². The average molecular weight is 229 g/mol. The highest BCUT2D eigenvalue weighted by Crippen LogP contribution is 2.24. The molecule has 1 aromatic carbocycles. The summed E-state index contributed by atoms with van der Waals surface area (Å²) in [5, 5.41) is 0. The molecule has 0 aliphatic carbocycles. The highest BCUT2D eigenvalue weighted by molar-refractivity contribution is 5.31. The van der Waals surface area contributed by atoms with Gasteiger partial charge in [-0.15, -0.1) is 0 Å². The Hall–Kier alpha value is -0.730. The lowest BCUT2D eigenvalue weighted by Crippen LogP contribution is -3.00. The summed E-state index contributed by atoms with van der Waals surface area (Å²) in [7, 11) is 0. The Morgan fingerprint density at radius 1 is 1.13 bits per heavy atom. The van der Waals surface area contributed by atoms with Gasteiger partial charge in [-0.25, -0.2) is 0 Å². The molecule has 0 aromatic heterocycles. The lowest BCUT2D eigenvalue weighted by Gasteiger charge is -2.19. The van der Waals surface area contributed by atoms with Crippen molar-refractivity contribution in [3.8, 4) is 5.75 Å². The summed E-state index contributed by atoms with van der Waals surface area (Å²) >= 11 is 0. The molecule has 3 heteroatoms. The fourth-order valence-corrected chi connectivity index (χ4v) is 1.23. The highest BCUT2D eigenvalue weighted by atomic mass is 35.5. The molecular weight excluding hydrogens is 210 g/mol. The van der Waals surface area contributed by atoms with Gasteiger partial charge < -0.3 is 22.9 Å². The minimum absolute atomic E-state index is 0. The largest absolute Gasteiger partial charge is 1.00 e. The summed E-state index contributed by atoms with van der Waals surface area (Å²) in [6.45, 7) is 7.73. The summed E-state index contributed by atoms with van der Waals surface area (Å²) in [6.07, 6.45) is 0. The second-order valence-corrected chi connectivity index (χ2v) is 4.41. The van der Waals surface area contributed by atoms with E-state index in [9.17, 15) is 0 Å². The minimum atomic E-state index is 0. The Morgan fingerprint density at radius 2 is 1.67 bits per heavy atom. The SMILES string of the molecule is CC(C)(C)c1ccc(OCCN)cc1.[Cl-]. The molecule has 0 atom stereocenters. The highest BCUT2D eigenvalue weighted by Gasteiger charge is 2.12. The number of ether oxygens (including phenoxy) is 1. The van der Waals surface area contributed by atoms with Crippen LogP contribution in [0.25, 0.3) is 0 Å². The van der Waals surface area contributed by atoms with E-state index in [-0.39, 0.29) is 17.8 Å². The molecule has 2 N–H and O–H groups in total. The Bertz CT molecular complexity index is 277. The molecule has 0 fully saturated rings. The normalized spacial score (nSPS) is 10.7. The van der Waals surface area contributed by atoms with Crippen LogP contribution < -0.4 is 22.9 Å². The van der Waals surface area contributed by atoms with Gasteiger partial charge in [0.15, 0.2) is 0 Å². The van der Waals surface area contributed by atoms with E-state index in [0.717, 1.165) is 5.75 Å². The Kier molecular flexibility index (Phi) is 5.69. The molecule has 0 saturated carbocycles. The molecule has 2 nitrogen and oxygen atoms in total. The molecule has 1 rings (SSSR count). The predicted molar refractivity (Wildman–Crippen MR) is 59.7 cm³/mol. The van der Waals surface area contributed by atoms with Crippen molar-refractivity contribution in [1.29, 1.82) is 0 Å². The van der Waals surface area contributed by atoms with Gasteiger partial charge in [0.2, 0.25) is 0 Å². The van der Waals surface area contributed by atoms with Crippen LogP contribution in [0.15, 0.2) is 24.3 Å². The zero-order valence-corrected chi connectivity index (χ0v) is 10.3. The second-order valence-electron chi connectivity index (χ2n) is 4.41. The third-order valence-electron chi connectivity index (χ3n) is 2.11. The van der Waals surface area contributed by atoms with E-state index in [0.29, 0.717) is 13.2 Å². The molecular formula is C12H19ClNO-. The van der Waals surface area contributed by atoms with Crippen molar-refractivity contribution >= 4 is 0 Å². The van der Waals surface area contributed by atoms with E-state index in [1.54, 1.807) is 0 Å². The fraction of sp³-hybridized carbons (Fsp3) is 0.500. The number of hydrogen-bond acceptors (Lipinski definition) is 2. The maximum Gasteiger partial charge on any atom is 0.119 e. The first-order chi connectivity index (χ1) is 6.54. The van der Waals surface area contributed by atoms with Gasteiger partial charge in [-0.05, 0) is 23.1 Å². The molecule has 1 aromatic rings. The molecule has 0 bridgehead atoms. The van der Waals surface area contributed by atoms with Crippen LogP contribution in [0.1, 0.15) is 26.3 Å². The molecule has 0 aliphatic heterocycles. The van der Waals surface area contributed by atoms with Crippen molar-refractivity contribution in [2.24, 2.45) is 5.73 Å². The molecule has 86 valence electrons. The Balaban J connectivity index is 0.00000196. The van der Waals surface area contributed by atoms with Gasteiger partial charge in [0.1, 0.15) is 12.4 Å².